The number of hydrogen-bond acceptors (Lipinski definition) is 3. The molecule has 0 aliphatic carbocycles. The van der Waals surface area contributed by atoms with E-state index < -0.39 is 11.7 Å². The zero-order valence-corrected chi connectivity index (χ0v) is 19.8. The van der Waals surface area contributed by atoms with Gasteiger partial charge in [0.25, 0.3) is 0 Å². The highest BCUT2D eigenvalue weighted by Crippen LogP contribution is 2.43. The van der Waals surface area contributed by atoms with Gasteiger partial charge in [-0.1, -0.05) is 66.7 Å². The molecule has 3 aromatic carbocycles. The fraction of sp³-hybridized carbons (Fsp3) is 0.379. The van der Waals surface area contributed by atoms with Crippen molar-refractivity contribution in [2.45, 2.75) is 43.6 Å². The van der Waals surface area contributed by atoms with Gasteiger partial charge in [-0.05, 0) is 55.1 Å². The van der Waals surface area contributed by atoms with Crippen LogP contribution in [0.15, 0.2) is 78.9 Å². The van der Waals surface area contributed by atoms with Gasteiger partial charge in [-0.15, -0.1) is 0 Å². The number of benzene rings is 3. The molecule has 0 saturated carbocycles. The minimum Gasteiger partial charge on any atom is -0.496 e. The Balaban J connectivity index is 1.53. The largest absolute Gasteiger partial charge is 0.496 e. The van der Waals surface area contributed by atoms with Crippen molar-refractivity contribution in [2.24, 2.45) is 5.92 Å². The predicted octanol–water partition coefficient (Wildman–Crippen LogP) is 6.10. The van der Waals surface area contributed by atoms with Crippen molar-refractivity contribution >= 4 is 0 Å². The van der Waals surface area contributed by atoms with Crippen LogP contribution in [0.3, 0.4) is 0 Å². The summed E-state index contributed by atoms with van der Waals surface area (Å²) in [5.74, 6) is 1.16. The van der Waals surface area contributed by atoms with E-state index in [1.54, 1.807) is 13.2 Å². The van der Waals surface area contributed by atoms with Gasteiger partial charge in [-0.2, -0.15) is 13.2 Å². The first-order chi connectivity index (χ1) is 17.0. The fourth-order valence-electron chi connectivity index (χ4n) is 6.02. The molecule has 2 bridgehead atoms. The number of para-hydroxylation sites is 1. The molecule has 0 spiro atoms. The van der Waals surface area contributed by atoms with Crippen LogP contribution in [-0.2, 0) is 12.7 Å². The van der Waals surface area contributed by atoms with Gasteiger partial charge in [0.15, 0.2) is 0 Å². The smallest absolute Gasteiger partial charge is 0.416 e. The van der Waals surface area contributed by atoms with Crippen molar-refractivity contribution in [3.63, 3.8) is 0 Å². The van der Waals surface area contributed by atoms with Crippen molar-refractivity contribution in [2.75, 3.05) is 20.2 Å². The minimum atomic E-state index is -4.37. The quantitative estimate of drug-likeness (QED) is 0.442. The monoisotopic (exact) mass is 480 g/mol. The van der Waals surface area contributed by atoms with E-state index in [2.05, 4.69) is 16.3 Å². The number of fused-ring (bicyclic) bond motifs is 3. The molecule has 3 heterocycles. The van der Waals surface area contributed by atoms with Crippen molar-refractivity contribution in [1.82, 2.24) is 10.2 Å². The Bertz CT molecular complexity index is 1130. The lowest BCUT2D eigenvalue weighted by atomic mass is 9.70. The Hall–Kier alpha value is -2.83. The molecule has 0 amide bonds. The van der Waals surface area contributed by atoms with Crippen LogP contribution in [-0.4, -0.2) is 37.2 Å². The van der Waals surface area contributed by atoms with Crippen molar-refractivity contribution in [3.8, 4) is 5.75 Å². The number of nitrogens with one attached hydrogen (secondary N) is 1. The highest BCUT2D eigenvalue weighted by atomic mass is 19.4. The van der Waals surface area contributed by atoms with E-state index in [4.69, 9.17) is 4.74 Å². The average molecular weight is 481 g/mol. The van der Waals surface area contributed by atoms with Crippen LogP contribution in [0, 0.1) is 5.92 Å². The molecule has 3 aromatic rings. The second-order valence-corrected chi connectivity index (χ2v) is 9.59. The molecule has 0 aromatic heterocycles. The van der Waals surface area contributed by atoms with Gasteiger partial charge in [-0.25, -0.2) is 0 Å². The molecule has 3 unspecified atom stereocenters. The zero-order chi connectivity index (χ0) is 24.4. The van der Waals surface area contributed by atoms with E-state index in [0.29, 0.717) is 18.0 Å². The predicted molar refractivity (Wildman–Crippen MR) is 131 cm³/mol. The number of piperidine rings is 3. The number of alkyl halides is 3. The first kappa shape index (κ1) is 23.9. The first-order valence-corrected chi connectivity index (χ1v) is 12.3. The Morgan fingerprint density at radius 2 is 1.60 bits per heavy atom. The molecule has 6 heteroatoms. The van der Waals surface area contributed by atoms with Gasteiger partial charge in [0, 0.05) is 30.1 Å². The van der Waals surface area contributed by atoms with Crippen LogP contribution < -0.4 is 10.1 Å². The Kier molecular flexibility index (Phi) is 6.85. The molecule has 6 rings (SSSR count). The second-order valence-electron chi connectivity index (χ2n) is 9.59. The molecule has 3 saturated heterocycles. The van der Waals surface area contributed by atoms with Crippen LogP contribution in [0.5, 0.6) is 5.75 Å². The van der Waals surface area contributed by atoms with Crippen LogP contribution in [0.2, 0.25) is 0 Å². The van der Waals surface area contributed by atoms with Crippen molar-refractivity contribution in [3.05, 3.63) is 101 Å². The van der Waals surface area contributed by atoms with Gasteiger partial charge in [-0.3, -0.25) is 4.90 Å². The highest BCUT2D eigenvalue weighted by molar-refractivity contribution is 5.39. The SMILES string of the molecule is COc1ccccc1CNC1C2CCN(CC2)C1C(c1ccccc1)c1cccc(C(F)(F)F)c1. The number of methoxy groups -OCH3 is 1. The molecule has 3 fully saturated rings. The van der Waals surface area contributed by atoms with E-state index in [1.807, 2.05) is 54.6 Å². The van der Waals surface area contributed by atoms with Crippen LogP contribution >= 0.6 is 0 Å². The highest BCUT2D eigenvalue weighted by Gasteiger charge is 2.46. The molecule has 184 valence electrons. The van der Waals surface area contributed by atoms with Crippen LogP contribution in [0.4, 0.5) is 13.2 Å². The minimum absolute atomic E-state index is 0.0584. The standard InChI is InChI=1S/C29H31F3N2O/c1-35-25-13-6-5-10-23(25)19-33-27-21-14-16-34(17-15-21)28(27)26(20-8-3-2-4-9-20)22-11-7-12-24(18-22)29(30,31)32/h2-13,18,21,26-28,33H,14-17,19H2,1H3. The number of nitrogens with zero attached hydrogens (tertiary/aromatic N) is 1. The maximum Gasteiger partial charge on any atom is 0.416 e. The first-order valence-electron chi connectivity index (χ1n) is 12.3. The van der Waals surface area contributed by atoms with Gasteiger partial charge in [0.05, 0.1) is 12.7 Å². The van der Waals surface area contributed by atoms with Crippen LogP contribution in [0.1, 0.15) is 41.0 Å². The number of halogens is 3. The summed E-state index contributed by atoms with van der Waals surface area (Å²) in [6.07, 6.45) is -2.17. The topological polar surface area (TPSA) is 24.5 Å². The van der Waals surface area contributed by atoms with E-state index >= 15 is 0 Å². The van der Waals surface area contributed by atoms with E-state index in [-0.39, 0.29) is 18.0 Å². The van der Waals surface area contributed by atoms with Crippen molar-refractivity contribution in [1.29, 1.82) is 0 Å². The Morgan fingerprint density at radius 1 is 0.914 bits per heavy atom. The lowest BCUT2D eigenvalue weighted by molar-refractivity contribution is -0.137. The number of rotatable bonds is 7. The zero-order valence-electron chi connectivity index (χ0n) is 19.8. The molecule has 1 N–H and O–H groups in total. The fourth-order valence-corrected chi connectivity index (χ4v) is 6.02. The molecular weight excluding hydrogens is 449 g/mol. The Labute approximate surface area is 204 Å². The van der Waals surface area contributed by atoms with Gasteiger partial charge >= 0.3 is 6.18 Å². The summed E-state index contributed by atoms with van der Waals surface area (Å²) in [4.78, 5) is 2.48. The van der Waals surface area contributed by atoms with E-state index in [0.717, 1.165) is 48.9 Å². The Morgan fingerprint density at radius 3 is 2.31 bits per heavy atom. The summed E-state index contributed by atoms with van der Waals surface area (Å²) in [6, 6.07) is 24.1. The van der Waals surface area contributed by atoms with Gasteiger partial charge in [0.2, 0.25) is 0 Å². The molecule has 3 nitrogen and oxygen atoms in total. The lowest BCUT2D eigenvalue weighted by Gasteiger charge is -2.54. The molecular formula is C29H31F3N2O. The third-order valence-electron chi connectivity index (χ3n) is 7.67. The molecule has 35 heavy (non-hydrogen) atoms. The van der Waals surface area contributed by atoms with Gasteiger partial charge in [0.1, 0.15) is 5.75 Å². The van der Waals surface area contributed by atoms with E-state index in [9.17, 15) is 13.2 Å². The summed E-state index contributed by atoms with van der Waals surface area (Å²) < 4.78 is 46.5. The second kappa shape index (κ2) is 10.0. The average Bonchev–Trinajstić information content (AvgIpc) is 2.89. The van der Waals surface area contributed by atoms with E-state index in [1.165, 1.54) is 6.07 Å². The normalized spacial score (nSPS) is 24.8. The number of hydrogen-bond donors (Lipinski definition) is 1. The molecule has 3 atom stereocenters. The molecule has 3 aliphatic heterocycles. The lowest BCUT2D eigenvalue weighted by Crippen LogP contribution is -2.64. The summed E-state index contributed by atoms with van der Waals surface area (Å²) in [5.41, 5.74) is 2.26. The van der Waals surface area contributed by atoms with Crippen molar-refractivity contribution < 1.29 is 17.9 Å². The maximum atomic E-state index is 13.6. The van der Waals surface area contributed by atoms with Crippen LogP contribution in [0.25, 0.3) is 0 Å². The van der Waals surface area contributed by atoms with Gasteiger partial charge < -0.3 is 10.1 Å². The molecule has 3 aliphatic rings. The maximum absolute atomic E-state index is 13.6. The summed E-state index contributed by atoms with van der Waals surface area (Å²) in [6.45, 7) is 2.61. The number of ether oxygens (including phenoxy) is 1. The third kappa shape index (κ3) is 4.95. The molecule has 0 radical (unpaired) electrons. The third-order valence-corrected chi connectivity index (χ3v) is 7.67. The summed E-state index contributed by atoms with van der Waals surface area (Å²) >= 11 is 0. The summed E-state index contributed by atoms with van der Waals surface area (Å²) in [5, 5.41) is 3.82. The summed E-state index contributed by atoms with van der Waals surface area (Å²) in [7, 11) is 1.68.